The van der Waals surface area contributed by atoms with E-state index in [1.807, 2.05) is 24.3 Å². The number of hydrogen-bond donors (Lipinski definition) is 2. The minimum atomic E-state index is -0.211. The first-order valence-electron chi connectivity index (χ1n) is 8.39. The molecule has 0 aliphatic carbocycles. The van der Waals surface area contributed by atoms with E-state index in [1.54, 1.807) is 12.1 Å². The lowest BCUT2D eigenvalue weighted by Gasteiger charge is -2.36. The third kappa shape index (κ3) is 3.93. The molecule has 2 aromatic rings. The molecule has 1 atom stereocenters. The molecular formula is C19H21BrClN3O. The Bertz CT molecular complexity index is 796. The number of carbonyl (C=O) groups excluding carboxylic acids is 1. The molecule has 0 radical (unpaired) electrons. The van der Waals surface area contributed by atoms with E-state index in [1.165, 1.54) is 6.42 Å². The fourth-order valence-corrected chi connectivity index (χ4v) is 3.90. The van der Waals surface area contributed by atoms with Gasteiger partial charge in [0.05, 0.1) is 27.6 Å². The van der Waals surface area contributed by atoms with E-state index in [-0.39, 0.29) is 5.91 Å². The van der Waals surface area contributed by atoms with Gasteiger partial charge in [0.1, 0.15) is 0 Å². The van der Waals surface area contributed by atoms with Gasteiger partial charge < -0.3 is 16.0 Å². The van der Waals surface area contributed by atoms with E-state index in [2.05, 4.69) is 33.1 Å². The topological polar surface area (TPSA) is 58.4 Å². The van der Waals surface area contributed by atoms with E-state index >= 15 is 0 Å². The number of nitrogens with zero attached hydrogens (tertiary/aromatic N) is 1. The van der Waals surface area contributed by atoms with Gasteiger partial charge in [-0.05, 0) is 66.4 Å². The highest BCUT2D eigenvalue weighted by Crippen LogP contribution is 2.36. The van der Waals surface area contributed by atoms with Crippen molar-refractivity contribution < 1.29 is 4.79 Å². The molecule has 4 nitrogen and oxygen atoms in total. The number of anilines is 3. The van der Waals surface area contributed by atoms with E-state index in [9.17, 15) is 4.79 Å². The molecule has 0 aromatic heterocycles. The Morgan fingerprint density at radius 2 is 2.08 bits per heavy atom. The third-order valence-corrected chi connectivity index (χ3v) is 5.60. The van der Waals surface area contributed by atoms with Gasteiger partial charge in [0, 0.05) is 17.1 Å². The van der Waals surface area contributed by atoms with E-state index < -0.39 is 0 Å². The van der Waals surface area contributed by atoms with Crippen LogP contribution in [0, 0.1) is 0 Å². The zero-order valence-corrected chi connectivity index (χ0v) is 16.4. The third-order valence-electron chi connectivity index (χ3n) is 4.60. The molecular weight excluding hydrogens is 402 g/mol. The number of nitrogens with one attached hydrogen (secondary N) is 1. The summed E-state index contributed by atoms with van der Waals surface area (Å²) in [5, 5.41) is 3.34. The monoisotopic (exact) mass is 421 g/mol. The van der Waals surface area contributed by atoms with Crippen LogP contribution >= 0.6 is 27.5 Å². The minimum absolute atomic E-state index is 0.211. The molecule has 3 N–H and O–H groups in total. The van der Waals surface area contributed by atoms with Crippen molar-refractivity contribution in [2.75, 3.05) is 22.5 Å². The van der Waals surface area contributed by atoms with Crippen molar-refractivity contribution in [1.82, 2.24) is 0 Å². The van der Waals surface area contributed by atoms with Gasteiger partial charge in [0.25, 0.3) is 5.91 Å². The van der Waals surface area contributed by atoms with Crippen LogP contribution < -0.4 is 16.0 Å². The average molecular weight is 423 g/mol. The van der Waals surface area contributed by atoms with E-state index in [0.29, 0.717) is 28.0 Å². The van der Waals surface area contributed by atoms with E-state index in [0.717, 1.165) is 29.5 Å². The molecule has 25 heavy (non-hydrogen) atoms. The van der Waals surface area contributed by atoms with Crippen molar-refractivity contribution in [3.05, 3.63) is 51.5 Å². The van der Waals surface area contributed by atoms with Crippen LogP contribution in [0.2, 0.25) is 5.02 Å². The molecule has 1 aliphatic heterocycles. The second-order valence-corrected chi connectivity index (χ2v) is 7.62. The summed E-state index contributed by atoms with van der Waals surface area (Å²) < 4.78 is 0.740. The summed E-state index contributed by atoms with van der Waals surface area (Å²) in [5.74, 6) is -0.211. The minimum Gasteiger partial charge on any atom is -0.397 e. The highest BCUT2D eigenvalue weighted by Gasteiger charge is 2.22. The highest BCUT2D eigenvalue weighted by molar-refractivity contribution is 9.10. The quantitative estimate of drug-likeness (QED) is 0.658. The lowest BCUT2D eigenvalue weighted by Crippen LogP contribution is -2.37. The Morgan fingerprint density at radius 3 is 2.80 bits per heavy atom. The van der Waals surface area contributed by atoms with Crippen LogP contribution in [-0.2, 0) is 0 Å². The molecule has 2 aromatic carbocycles. The summed E-state index contributed by atoms with van der Waals surface area (Å²) in [6, 6.07) is 11.3. The second kappa shape index (κ2) is 7.67. The van der Waals surface area contributed by atoms with Crippen molar-refractivity contribution in [2.45, 2.75) is 32.2 Å². The zero-order valence-electron chi connectivity index (χ0n) is 14.1. The number of carbonyl (C=O) groups is 1. The van der Waals surface area contributed by atoms with Gasteiger partial charge in [0.2, 0.25) is 0 Å². The summed E-state index contributed by atoms with van der Waals surface area (Å²) in [6.45, 7) is 3.16. The molecule has 0 bridgehead atoms. The number of amides is 1. The molecule has 6 heteroatoms. The Balaban J connectivity index is 1.90. The lowest BCUT2D eigenvalue weighted by atomic mass is 10.0. The highest BCUT2D eigenvalue weighted by atomic mass is 79.9. The number of benzene rings is 2. The summed E-state index contributed by atoms with van der Waals surface area (Å²) in [5.41, 5.74) is 8.90. The van der Waals surface area contributed by atoms with Crippen molar-refractivity contribution in [3.8, 4) is 0 Å². The molecule has 0 saturated carbocycles. The molecule has 0 spiro atoms. The number of piperidine rings is 1. The summed E-state index contributed by atoms with van der Waals surface area (Å²) in [6.07, 6.45) is 3.52. The molecule has 3 rings (SSSR count). The van der Waals surface area contributed by atoms with Gasteiger partial charge in [-0.25, -0.2) is 0 Å². The number of nitrogen functional groups attached to an aromatic ring is 1. The van der Waals surface area contributed by atoms with Gasteiger partial charge in [-0.3, -0.25) is 4.79 Å². The Kier molecular flexibility index (Phi) is 5.54. The molecule has 1 amide bonds. The molecule has 1 fully saturated rings. The predicted octanol–water partition coefficient (Wildman–Crippen LogP) is 5.32. The van der Waals surface area contributed by atoms with Crippen LogP contribution in [0.15, 0.2) is 40.9 Å². The standard InChI is InChI=1S/C19H21BrClN3O/c1-12-6-4-5-9-24(12)18-11-17(15(21)10-16(18)22)23-19(25)13-7-2-3-8-14(13)20/h2-3,7-8,10-12H,4-6,9,22H2,1H3,(H,23,25)/t12-/m0/s1. The lowest BCUT2D eigenvalue weighted by molar-refractivity contribution is 0.102. The van der Waals surface area contributed by atoms with E-state index in [4.69, 9.17) is 17.3 Å². The normalized spacial score (nSPS) is 17.4. The summed E-state index contributed by atoms with van der Waals surface area (Å²) in [7, 11) is 0. The molecule has 0 unspecified atom stereocenters. The van der Waals surface area contributed by atoms with Gasteiger partial charge >= 0.3 is 0 Å². The maximum Gasteiger partial charge on any atom is 0.256 e. The van der Waals surface area contributed by atoms with Crippen molar-refractivity contribution in [3.63, 3.8) is 0 Å². The fraction of sp³-hybridized carbons (Fsp3) is 0.316. The molecule has 1 aliphatic rings. The molecule has 1 heterocycles. The zero-order chi connectivity index (χ0) is 18.0. The average Bonchev–Trinajstić information content (AvgIpc) is 2.58. The smallest absolute Gasteiger partial charge is 0.256 e. The summed E-state index contributed by atoms with van der Waals surface area (Å²) >= 11 is 9.73. The van der Waals surface area contributed by atoms with Crippen LogP contribution in [0.5, 0.6) is 0 Å². The predicted molar refractivity (Wildman–Crippen MR) is 109 cm³/mol. The van der Waals surface area contributed by atoms with Crippen LogP contribution in [0.3, 0.4) is 0 Å². The van der Waals surface area contributed by atoms with Crippen molar-refractivity contribution >= 4 is 50.5 Å². The number of hydrogen-bond acceptors (Lipinski definition) is 3. The number of rotatable bonds is 3. The van der Waals surface area contributed by atoms with Crippen LogP contribution in [0.1, 0.15) is 36.5 Å². The van der Waals surface area contributed by atoms with Crippen LogP contribution in [-0.4, -0.2) is 18.5 Å². The first kappa shape index (κ1) is 18.1. The first-order chi connectivity index (χ1) is 12.0. The summed E-state index contributed by atoms with van der Waals surface area (Å²) in [4.78, 5) is 14.9. The molecule has 1 saturated heterocycles. The fourth-order valence-electron chi connectivity index (χ4n) is 3.21. The molecule has 132 valence electrons. The van der Waals surface area contributed by atoms with Crippen molar-refractivity contribution in [1.29, 1.82) is 0 Å². The van der Waals surface area contributed by atoms with Gasteiger partial charge in [-0.2, -0.15) is 0 Å². The Morgan fingerprint density at radius 1 is 1.32 bits per heavy atom. The van der Waals surface area contributed by atoms with Gasteiger partial charge in [-0.1, -0.05) is 23.7 Å². The Hall–Kier alpha value is -1.72. The largest absolute Gasteiger partial charge is 0.397 e. The van der Waals surface area contributed by atoms with Crippen LogP contribution in [0.25, 0.3) is 0 Å². The van der Waals surface area contributed by atoms with Gasteiger partial charge in [-0.15, -0.1) is 0 Å². The SMILES string of the molecule is C[C@H]1CCCCN1c1cc(NC(=O)c2ccccc2Br)c(Cl)cc1N. The Labute approximate surface area is 161 Å². The number of halogens is 2. The van der Waals surface area contributed by atoms with Crippen LogP contribution in [0.4, 0.5) is 17.1 Å². The maximum atomic E-state index is 12.6. The van der Waals surface area contributed by atoms with Gasteiger partial charge in [0.15, 0.2) is 0 Å². The second-order valence-electron chi connectivity index (χ2n) is 6.36. The number of nitrogens with two attached hydrogens (primary N) is 1. The maximum absolute atomic E-state index is 12.6. The first-order valence-corrected chi connectivity index (χ1v) is 9.56. The van der Waals surface area contributed by atoms with Crippen molar-refractivity contribution in [2.24, 2.45) is 0 Å².